The molecule has 0 saturated carbocycles. The molecule has 4 nitrogen and oxygen atoms in total. The van der Waals surface area contributed by atoms with Crippen LogP contribution in [0.3, 0.4) is 0 Å². The molecule has 0 bridgehead atoms. The average Bonchev–Trinajstić information content (AvgIpc) is 2.54. The normalized spacial score (nSPS) is 15.2. The first-order chi connectivity index (χ1) is 10.8. The van der Waals surface area contributed by atoms with Crippen LogP contribution in [0.25, 0.3) is 0 Å². The fourth-order valence-electron chi connectivity index (χ4n) is 2.47. The second-order valence-electron chi connectivity index (χ2n) is 5.22. The van der Waals surface area contributed by atoms with E-state index in [1.165, 1.54) is 6.07 Å². The van der Waals surface area contributed by atoms with Gasteiger partial charge in [0.05, 0.1) is 12.6 Å². The third kappa shape index (κ3) is 3.09. The molecule has 1 unspecified atom stereocenters. The SMILES string of the molecule is OCC(NC1=C(Nc2ccncc2)CC1)c1ccccc1F. The van der Waals surface area contributed by atoms with Crippen LogP contribution in [-0.2, 0) is 0 Å². The summed E-state index contributed by atoms with van der Waals surface area (Å²) in [5.41, 5.74) is 3.53. The minimum Gasteiger partial charge on any atom is -0.394 e. The largest absolute Gasteiger partial charge is 0.394 e. The predicted molar refractivity (Wildman–Crippen MR) is 83.5 cm³/mol. The first-order valence-corrected chi connectivity index (χ1v) is 7.29. The predicted octanol–water partition coefficient (Wildman–Crippen LogP) is 2.96. The first kappa shape index (κ1) is 14.5. The van der Waals surface area contributed by atoms with Crippen molar-refractivity contribution in [1.29, 1.82) is 0 Å². The molecule has 0 saturated heterocycles. The van der Waals surface area contributed by atoms with E-state index >= 15 is 0 Å². The number of hydrogen-bond donors (Lipinski definition) is 3. The van der Waals surface area contributed by atoms with Crippen molar-refractivity contribution in [2.75, 3.05) is 11.9 Å². The van der Waals surface area contributed by atoms with Gasteiger partial charge in [-0.25, -0.2) is 4.39 Å². The Morgan fingerprint density at radius 3 is 2.45 bits per heavy atom. The molecule has 1 aliphatic carbocycles. The molecule has 22 heavy (non-hydrogen) atoms. The molecular weight excluding hydrogens is 281 g/mol. The van der Waals surface area contributed by atoms with Crippen molar-refractivity contribution in [3.8, 4) is 0 Å². The molecule has 1 aliphatic rings. The lowest BCUT2D eigenvalue weighted by Gasteiger charge is -2.30. The second kappa shape index (κ2) is 6.58. The van der Waals surface area contributed by atoms with Gasteiger partial charge in [-0.3, -0.25) is 4.98 Å². The quantitative estimate of drug-likeness (QED) is 0.767. The summed E-state index contributed by atoms with van der Waals surface area (Å²) in [5.74, 6) is -0.308. The first-order valence-electron chi connectivity index (χ1n) is 7.29. The highest BCUT2D eigenvalue weighted by molar-refractivity contribution is 5.49. The number of hydrogen-bond acceptors (Lipinski definition) is 4. The Bertz CT molecular complexity index is 673. The zero-order chi connectivity index (χ0) is 15.4. The van der Waals surface area contributed by atoms with Gasteiger partial charge in [0.2, 0.25) is 0 Å². The number of allylic oxidation sites excluding steroid dienone is 2. The van der Waals surface area contributed by atoms with Crippen LogP contribution in [0.15, 0.2) is 60.2 Å². The van der Waals surface area contributed by atoms with Crippen LogP contribution in [-0.4, -0.2) is 16.7 Å². The second-order valence-corrected chi connectivity index (χ2v) is 5.22. The van der Waals surface area contributed by atoms with Gasteiger partial charge in [0.1, 0.15) is 5.82 Å². The maximum Gasteiger partial charge on any atom is 0.128 e. The summed E-state index contributed by atoms with van der Waals surface area (Å²) in [6.45, 7) is -0.160. The number of nitrogens with zero attached hydrogens (tertiary/aromatic N) is 1. The van der Waals surface area contributed by atoms with E-state index in [4.69, 9.17) is 0 Å². The number of benzene rings is 1. The molecule has 3 N–H and O–H groups in total. The fourth-order valence-corrected chi connectivity index (χ4v) is 2.47. The summed E-state index contributed by atoms with van der Waals surface area (Å²) in [7, 11) is 0. The third-order valence-corrected chi connectivity index (χ3v) is 3.78. The maximum atomic E-state index is 13.9. The van der Waals surface area contributed by atoms with E-state index in [2.05, 4.69) is 15.6 Å². The minimum absolute atomic E-state index is 0.160. The number of nitrogens with one attached hydrogen (secondary N) is 2. The van der Waals surface area contributed by atoms with Crippen LogP contribution in [0.1, 0.15) is 24.4 Å². The molecule has 0 radical (unpaired) electrons. The zero-order valence-electron chi connectivity index (χ0n) is 12.1. The van der Waals surface area contributed by atoms with Crippen LogP contribution in [0.5, 0.6) is 0 Å². The molecule has 1 aromatic carbocycles. The van der Waals surface area contributed by atoms with Crippen LogP contribution in [0.4, 0.5) is 10.1 Å². The molecule has 0 fully saturated rings. The topological polar surface area (TPSA) is 57.2 Å². The van der Waals surface area contributed by atoms with Crippen molar-refractivity contribution in [1.82, 2.24) is 10.3 Å². The van der Waals surface area contributed by atoms with Crippen LogP contribution in [0.2, 0.25) is 0 Å². The molecule has 1 heterocycles. The molecule has 5 heteroatoms. The van der Waals surface area contributed by atoms with Gasteiger partial charge in [0.25, 0.3) is 0 Å². The Balaban J connectivity index is 1.74. The molecule has 3 rings (SSSR count). The van der Waals surface area contributed by atoms with E-state index in [0.29, 0.717) is 5.56 Å². The van der Waals surface area contributed by atoms with Crippen LogP contribution in [0, 0.1) is 5.82 Å². The molecular formula is C17H18FN3O. The Morgan fingerprint density at radius 2 is 1.82 bits per heavy atom. The lowest BCUT2D eigenvalue weighted by Crippen LogP contribution is -2.30. The van der Waals surface area contributed by atoms with Gasteiger partial charge in [-0.15, -0.1) is 0 Å². The highest BCUT2D eigenvalue weighted by Gasteiger charge is 2.22. The van der Waals surface area contributed by atoms with Gasteiger partial charge in [-0.05, 0) is 31.0 Å². The summed E-state index contributed by atoms with van der Waals surface area (Å²) in [4.78, 5) is 3.98. The standard InChI is InChI=1S/C17H18FN3O/c18-14-4-2-1-3-13(14)17(11-22)21-16-6-5-15(16)20-12-7-9-19-10-8-12/h1-4,7-10,17,21-22H,5-6,11H2,(H,19,20). The summed E-state index contributed by atoms with van der Waals surface area (Å²) >= 11 is 0. The van der Waals surface area contributed by atoms with Crippen molar-refractivity contribution >= 4 is 5.69 Å². The Kier molecular flexibility index (Phi) is 4.34. The van der Waals surface area contributed by atoms with Crippen molar-refractivity contribution in [2.45, 2.75) is 18.9 Å². The summed E-state index contributed by atoms with van der Waals surface area (Å²) < 4.78 is 13.9. The molecule has 1 aromatic heterocycles. The van der Waals surface area contributed by atoms with E-state index in [1.807, 2.05) is 12.1 Å². The highest BCUT2D eigenvalue weighted by atomic mass is 19.1. The number of rotatable bonds is 6. The lowest BCUT2D eigenvalue weighted by molar-refractivity contribution is 0.246. The van der Waals surface area contributed by atoms with Crippen molar-refractivity contribution < 1.29 is 9.50 Å². The third-order valence-electron chi connectivity index (χ3n) is 3.78. The molecule has 0 spiro atoms. The lowest BCUT2D eigenvalue weighted by atomic mass is 9.98. The van der Waals surface area contributed by atoms with Crippen LogP contribution >= 0.6 is 0 Å². The molecule has 2 aromatic rings. The van der Waals surface area contributed by atoms with Gasteiger partial charge in [-0.1, -0.05) is 18.2 Å². The summed E-state index contributed by atoms with van der Waals surface area (Å²) in [6, 6.07) is 9.86. The van der Waals surface area contributed by atoms with Gasteiger partial charge < -0.3 is 15.7 Å². The van der Waals surface area contributed by atoms with E-state index in [1.54, 1.807) is 30.6 Å². The van der Waals surface area contributed by atoms with Crippen molar-refractivity contribution in [2.24, 2.45) is 0 Å². The smallest absolute Gasteiger partial charge is 0.128 e. The number of anilines is 1. The maximum absolute atomic E-state index is 13.9. The minimum atomic E-state index is -0.439. The number of aliphatic hydroxyl groups is 1. The molecule has 0 amide bonds. The molecule has 114 valence electrons. The van der Waals surface area contributed by atoms with Gasteiger partial charge in [0, 0.05) is 35.0 Å². The number of aliphatic hydroxyl groups excluding tert-OH is 1. The molecule has 1 atom stereocenters. The van der Waals surface area contributed by atoms with E-state index in [-0.39, 0.29) is 12.4 Å². The number of halogens is 1. The van der Waals surface area contributed by atoms with Gasteiger partial charge >= 0.3 is 0 Å². The Hall–Kier alpha value is -2.40. The molecule has 0 aliphatic heterocycles. The average molecular weight is 299 g/mol. The van der Waals surface area contributed by atoms with Gasteiger partial charge in [0.15, 0.2) is 0 Å². The number of pyridine rings is 1. The van der Waals surface area contributed by atoms with Gasteiger partial charge in [-0.2, -0.15) is 0 Å². The Morgan fingerprint density at radius 1 is 1.09 bits per heavy atom. The number of aromatic nitrogens is 1. The highest BCUT2D eigenvalue weighted by Crippen LogP contribution is 2.29. The van der Waals surface area contributed by atoms with Crippen molar-refractivity contribution in [3.05, 3.63) is 71.6 Å². The summed E-state index contributed by atoms with van der Waals surface area (Å²) in [5, 5.41) is 16.1. The van der Waals surface area contributed by atoms with Crippen molar-refractivity contribution in [3.63, 3.8) is 0 Å². The summed E-state index contributed by atoms with van der Waals surface area (Å²) in [6.07, 6.45) is 5.27. The fraction of sp³-hybridized carbons (Fsp3) is 0.235. The Labute approximate surface area is 128 Å². The van der Waals surface area contributed by atoms with E-state index < -0.39 is 6.04 Å². The monoisotopic (exact) mass is 299 g/mol. The van der Waals surface area contributed by atoms with Crippen LogP contribution < -0.4 is 10.6 Å². The zero-order valence-corrected chi connectivity index (χ0v) is 12.1. The van der Waals surface area contributed by atoms with E-state index in [0.717, 1.165) is 29.9 Å². The van der Waals surface area contributed by atoms with E-state index in [9.17, 15) is 9.50 Å².